The molecule has 2 heterocycles. The molecule has 1 aliphatic carbocycles. The quantitative estimate of drug-likeness (QED) is 0.908. The van der Waals surface area contributed by atoms with Crippen molar-refractivity contribution in [3.8, 4) is 0 Å². The summed E-state index contributed by atoms with van der Waals surface area (Å²) in [6, 6.07) is 5.37. The van der Waals surface area contributed by atoms with Crippen LogP contribution < -0.4 is 10.6 Å². The lowest BCUT2D eigenvalue weighted by molar-refractivity contribution is 0.102. The van der Waals surface area contributed by atoms with Crippen LogP contribution in [0.3, 0.4) is 0 Å². The maximum Gasteiger partial charge on any atom is 0.321 e. The first-order valence-corrected chi connectivity index (χ1v) is 8.40. The first-order valence-electron chi connectivity index (χ1n) is 7.52. The largest absolute Gasteiger partial charge is 0.323 e. The summed E-state index contributed by atoms with van der Waals surface area (Å²) in [6.45, 7) is 0.521. The molecule has 1 saturated carbocycles. The Labute approximate surface area is 137 Å². The van der Waals surface area contributed by atoms with Crippen molar-refractivity contribution in [2.24, 2.45) is 0 Å². The Hall–Kier alpha value is -2.41. The van der Waals surface area contributed by atoms with Gasteiger partial charge in [-0.2, -0.15) is 0 Å². The molecule has 2 N–H and O–H groups in total. The first-order chi connectivity index (χ1) is 11.1. The van der Waals surface area contributed by atoms with Gasteiger partial charge in [0, 0.05) is 36.3 Å². The molecule has 7 heteroatoms. The van der Waals surface area contributed by atoms with E-state index in [1.165, 1.54) is 12.8 Å². The Balaban J connectivity index is 1.51. The minimum atomic E-state index is -0.193. The molecule has 2 aromatic rings. The van der Waals surface area contributed by atoms with Crippen molar-refractivity contribution in [2.45, 2.75) is 25.3 Å². The summed E-state index contributed by atoms with van der Waals surface area (Å²) in [5, 5.41) is 8.56. The summed E-state index contributed by atoms with van der Waals surface area (Å²) in [7, 11) is 1.73. The lowest BCUT2D eigenvalue weighted by atomic mass is 10.1. The number of urea groups is 1. The third kappa shape index (κ3) is 2.79. The SMILES string of the molecule is CN1Cc2cc(NC(=O)c3csc(C4CC4)n3)ccc2NC1=O. The Morgan fingerprint density at radius 1 is 1.43 bits per heavy atom. The van der Waals surface area contributed by atoms with E-state index in [0.29, 0.717) is 23.8 Å². The summed E-state index contributed by atoms with van der Waals surface area (Å²) in [5.74, 6) is 0.366. The number of nitrogens with zero attached hydrogens (tertiary/aromatic N) is 2. The third-order valence-corrected chi connectivity index (χ3v) is 5.05. The molecule has 0 unspecified atom stereocenters. The zero-order valence-corrected chi connectivity index (χ0v) is 13.4. The second kappa shape index (κ2) is 5.34. The fourth-order valence-electron chi connectivity index (χ4n) is 2.57. The minimum Gasteiger partial charge on any atom is -0.323 e. The number of carbonyl (C=O) groups is 2. The van der Waals surface area contributed by atoms with Crippen LogP contribution in [0.1, 0.15) is 39.8 Å². The molecule has 1 aromatic carbocycles. The second-order valence-corrected chi connectivity index (χ2v) is 6.85. The monoisotopic (exact) mass is 328 g/mol. The number of nitrogens with one attached hydrogen (secondary N) is 2. The molecular weight excluding hydrogens is 312 g/mol. The number of hydrogen-bond acceptors (Lipinski definition) is 4. The maximum absolute atomic E-state index is 12.3. The molecule has 2 aliphatic rings. The molecule has 118 valence electrons. The minimum absolute atomic E-state index is 0.121. The lowest BCUT2D eigenvalue weighted by Gasteiger charge is -2.26. The van der Waals surface area contributed by atoms with Crippen LogP contribution in [0, 0.1) is 0 Å². The van der Waals surface area contributed by atoms with Gasteiger partial charge in [0.05, 0.1) is 5.01 Å². The van der Waals surface area contributed by atoms with Gasteiger partial charge >= 0.3 is 6.03 Å². The van der Waals surface area contributed by atoms with Crippen molar-refractivity contribution in [1.82, 2.24) is 9.88 Å². The molecule has 6 nitrogen and oxygen atoms in total. The van der Waals surface area contributed by atoms with Crippen LogP contribution in [0.15, 0.2) is 23.6 Å². The number of hydrogen-bond donors (Lipinski definition) is 2. The Bertz CT molecular complexity index is 797. The number of amides is 3. The summed E-state index contributed by atoms with van der Waals surface area (Å²) >= 11 is 1.56. The van der Waals surface area contributed by atoms with Crippen molar-refractivity contribution >= 4 is 34.6 Å². The van der Waals surface area contributed by atoms with Crippen LogP contribution in [-0.2, 0) is 6.54 Å². The summed E-state index contributed by atoms with van der Waals surface area (Å²) in [4.78, 5) is 29.9. The highest BCUT2D eigenvalue weighted by molar-refractivity contribution is 7.10. The number of carbonyl (C=O) groups excluding carboxylic acids is 2. The van der Waals surface area contributed by atoms with Gasteiger partial charge in [-0.3, -0.25) is 4.79 Å². The van der Waals surface area contributed by atoms with Crippen molar-refractivity contribution in [2.75, 3.05) is 17.7 Å². The molecular formula is C16H16N4O2S. The van der Waals surface area contributed by atoms with E-state index in [0.717, 1.165) is 16.3 Å². The molecule has 0 bridgehead atoms. The van der Waals surface area contributed by atoms with E-state index in [1.807, 2.05) is 17.5 Å². The van der Waals surface area contributed by atoms with Gasteiger partial charge < -0.3 is 15.5 Å². The standard InChI is InChI=1S/C16H16N4O2S/c1-20-7-10-6-11(4-5-12(10)19-16(20)22)17-14(21)13-8-23-15(18-13)9-2-3-9/h4-6,8-9H,2-3,7H2,1H3,(H,17,21)(H,19,22). The van der Waals surface area contributed by atoms with E-state index < -0.39 is 0 Å². The second-order valence-electron chi connectivity index (χ2n) is 5.96. The predicted octanol–water partition coefficient (Wildman–Crippen LogP) is 3.25. The van der Waals surface area contributed by atoms with Gasteiger partial charge in [-0.15, -0.1) is 11.3 Å². The normalized spacial score (nSPS) is 16.7. The third-order valence-electron chi connectivity index (χ3n) is 4.04. The van der Waals surface area contributed by atoms with Crippen molar-refractivity contribution in [3.63, 3.8) is 0 Å². The number of anilines is 2. The molecule has 0 radical (unpaired) electrons. The van der Waals surface area contributed by atoms with E-state index in [1.54, 1.807) is 29.4 Å². The number of fused-ring (bicyclic) bond motifs is 1. The molecule has 0 atom stereocenters. The van der Waals surface area contributed by atoms with Crippen molar-refractivity contribution < 1.29 is 9.59 Å². The fourth-order valence-corrected chi connectivity index (χ4v) is 3.54. The van der Waals surface area contributed by atoms with Gasteiger partial charge in [-0.25, -0.2) is 9.78 Å². The molecule has 4 rings (SSSR count). The molecule has 0 saturated heterocycles. The van der Waals surface area contributed by atoms with Crippen molar-refractivity contribution in [1.29, 1.82) is 0 Å². The van der Waals surface area contributed by atoms with Crippen molar-refractivity contribution in [3.05, 3.63) is 39.8 Å². The molecule has 0 spiro atoms. The summed E-state index contributed by atoms with van der Waals surface area (Å²) in [6.07, 6.45) is 2.36. The number of aromatic nitrogens is 1. The van der Waals surface area contributed by atoms with Crippen LogP contribution in [0.5, 0.6) is 0 Å². The molecule has 1 aliphatic heterocycles. The molecule has 23 heavy (non-hydrogen) atoms. The highest BCUT2D eigenvalue weighted by Crippen LogP contribution is 2.41. The number of rotatable bonds is 3. The lowest BCUT2D eigenvalue weighted by Crippen LogP contribution is -2.35. The summed E-state index contributed by atoms with van der Waals surface area (Å²) < 4.78 is 0. The maximum atomic E-state index is 12.3. The van der Waals surface area contributed by atoms with Crippen LogP contribution in [0.4, 0.5) is 16.2 Å². The topological polar surface area (TPSA) is 74.3 Å². The predicted molar refractivity (Wildman–Crippen MR) is 89.0 cm³/mol. The molecule has 3 amide bonds. The van der Waals surface area contributed by atoms with Gasteiger partial charge in [0.1, 0.15) is 5.69 Å². The number of benzene rings is 1. The van der Waals surface area contributed by atoms with E-state index in [-0.39, 0.29) is 11.9 Å². The van der Waals surface area contributed by atoms with Gasteiger partial charge in [0.25, 0.3) is 5.91 Å². The van der Waals surface area contributed by atoms with E-state index in [2.05, 4.69) is 15.6 Å². The zero-order valence-electron chi connectivity index (χ0n) is 12.6. The van der Waals surface area contributed by atoms with Gasteiger partial charge in [0.15, 0.2) is 0 Å². The molecule has 1 aromatic heterocycles. The van der Waals surface area contributed by atoms with Crippen LogP contribution in [-0.4, -0.2) is 28.9 Å². The number of thiazole rings is 1. The van der Waals surface area contributed by atoms with Gasteiger partial charge in [0.2, 0.25) is 0 Å². The Morgan fingerprint density at radius 2 is 2.26 bits per heavy atom. The van der Waals surface area contributed by atoms with E-state index >= 15 is 0 Å². The smallest absolute Gasteiger partial charge is 0.321 e. The molecule has 1 fully saturated rings. The van der Waals surface area contributed by atoms with Gasteiger partial charge in [-0.05, 0) is 36.6 Å². The van der Waals surface area contributed by atoms with Gasteiger partial charge in [-0.1, -0.05) is 0 Å². The highest BCUT2D eigenvalue weighted by atomic mass is 32.1. The zero-order chi connectivity index (χ0) is 16.0. The van der Waals surface area contributed by atoms with E-state index in [9.17, 15) is 9.59 Å². The summed E-state index contributed by atoms with van der Waals surface area (Å²) in [5.41, 5.74) is 2.94. The van der Waals surface area contributed by atoms with Crippen LogP contribution >= 0.6 is 11.3 Å². The van der Waals surface area contributed by atoms with Crippen LogP contribution in [0.25, 0.3) is 0 Å². The van der Waals surface area contributed by atoms with Crippen LogP contribution in [0.2, 0.25) is 0 Å². The fraction of sp³-hybridized carbons (Fsp3) is 0.312. The first kappa shape index (κ1) is 14.2. The van der Waals surface area contributed by atoms with E-state index in [4.69, 9.17) is 0 Å². The Kier molecular flexibility index (Phi) is 3.30. The average Bonchev–Trinajstić information content (AvgIpc) is 3.26. The average molecular weight is 328 g/mol. The highest BCUT2D eigenvalue weighted by Gasteiger charge is 2.27. The Morgan fingerprint density at radius 3 is 3.04 bits per heavy atom.